The average Bonchev–Trinajstić information content (AvgIpc) is 3.06. The van der Waals surface area contributed by atoms with Crippen LogP contribution in [0.3, 0.4) is 0 Å². The van der Waals surface area contributed by atoms with Crippen molar-refractivity contribution in [1.82, 2.24) is 4.90 Å². The lowest BCUT2D eigenvalue weighted by Gasteiger charge is -2.15. The molecule has 0 bridgehead atoms. The lowest BCUT2D eigenvalue weighted by atomic mass is 10.1. The first-order chi connectivity index (χ1) is 13.3. The van der Waals surface area contributed by atoms with E-state index in [0.717, 1.165) is 18.5 Å². The number of nitrogens with zero attached hydrogens (tertiary/aromatic N) is 1. The van der Waals surface area contributed by atoms with Crippen LogP contribution < -0.4 is 10.1 Å². The topological polar surface area (TPSA) is 58.6 Å². The molecule has 1 aliphatic heterocycles. The van der Waals surface area contributed by atoms with Crippen LogP contribution in [0, 0.1) is 0 Å². The van der Waals surface area contributed by atoms with Crippen LogP contribution in [0.15, 0.2) is 48.5 Å². The van der Waals surface area contributed by atoms with E-state index in [9.17, 15) is 22.8 Å². The number of rotatable bonds is 6. The minimum atomic E-state index is -4.40. The molecule has 3 rings (SSSR count). The van der Waals surface area contributed by atoms with E-state index in [0.29, 0.717) is 24.2 Å². The van der Waals surface area contributed by atoms with E-state index in [2.05, 4.69) is 10.1 Å². The zero-order chi connectivity index (χ0) is 20.1. The van der Waals surface area contributed by atoms with E-state index in [1.165, 1.54) is 24.3 Å². The van der Waals surface area contributed by atoms with Gasteiger partial charge in [0.15, 0.2) is 6.61 Å². The molecule has 1 aliphatic rings. The van der Waals surface area contributed by atoms with Gasteiger partial charge in [-0.05, 0) is 48.4 Å². The second kappa shape index (κ2) is 8.33. The molecule has 0 spiro atoms. The third-order valence-electron chi connectivity index (χ3n) is 4.28. The zero-order valence-electron chi connectivity index (χ0n) is 15.0. The predicted octanol–water partition coefficient (Wildman–Crippen LogP) is 4.00. The maximum absolute atomic E-state index is 12.3. The first kappa shape index (κ1) is 19.7. The highest BCUT2D eigenvalue weighted by Gasteiger charge is 2.28. The minimum Gasteiger partial charge on any atom is -0.484 e. The van der Waals surface area contributed by atoms with Crippen LogP contribution in [0.2, 0.25) is 0 Å². The summed E-state index contributed by atoms with van der Waals surface area (Å²) < 4.78 is 41.0. The summed E-state index contributed by atoms with van der Waals surface area (Å²) in [7, 11) is 0. The molecule has 1 saturated heterocycles. The van der Waals surface area contributed by atoms with E-state index in [4.69, 9.17) is 0 Å². The number of nitrogens with one attached hydrogen (secondary N) is 1. The van der Waals surface area contributed by atoms with E-state index >= 15 is 0 Å². The van der Waals surface area contributed by atoms with Crippen molar-refractivity contribution >= 4 is 17.5 Å². The number of likely N-dealkylation sites (tertiary alicyclic amines) is 1. The van der Waals surface area contributed by atoms with E-state index in [-0.39, 0.29) is 17.6 Å². The monoisotopic (exact) mass is 392 g/mol. The Labute approximate surface area is 160 Å². The number of halogens is 3. The molecular weight excluding hydrogens is 373 g/mol. The summed E-state index contributed by atoms with van der Waals surface area (Å²) in [5.41, 5.74) is 1.82. The zero-order valence-corrected chi connectivity index (χ0v) is 15.0. The second-order valence-electron chi connectivity index (χ2n) is 6.50. The van der Waals surface area contributed by atoms with Gasteiger partial charge in [0, 0.05) is 30.8 Å². The van der Waals surface area contributed by atoms with Gasteiger partial charge in [0.1, 0.15) is 5.75 Å². The van der Waals surface area contributed by atoms with Crippen molar-refractivity contribution in [2.24, 2.45) is 0 Å². The van der Waals surface area contributed by atoms with Gasteiger partial charge in [-0.2, -0.15) is 13.2 Å². The van der Waals surface area contributed by atoms with Crippen molar-refractivity contribution in [3.05, 3.63) is 59.7 Å². The number of ether oxygens (including phenoxy) is 1. The molecule has 0 saturated carbocycles. The van der Waals surface area contributed by atoms with Crippen molar-refractivity contribution in [3.63, 3.8) is 0 Å². The number of carbonyl (C=O) groups excluding carboxylic acids is 2. The first-order valence-corrected chi connectivity index (χ1v) is 8.78. The highest BCUT2D eigenvalue weighted by atomic mass is 19.4. The van der Waals surface area contributed by atoms with Crippen molar-refractivity contribution in [2.75, 3.05) is 18.5 Å². The molecule has 1 fully saturated rings. The molecule has 8 heteroatoms. The summed E-state index contributed by atoms with van der Waals surface area (Å²) in [6.45, 7) is -0.0854. The maximum atomic E-state index is 12.3. The molecule has 5 nitrogen and oxygen atoms in total. The molecule has 0 unspecified atom stereocenters. The quantitative estimate of drug-likeness (QED) is 0.808. The number of benzene rings is 2. The largest absolute Gasteiger partial charge is 0.484 e. The number of hydrogen-bond acceptors (Lipinski definition) is 3. The van der Waals surface area contributed by atoms with Crippen molar-refractivity contribution in [2.45, 2.75) is 25.6 Å². The molecule has 1 heterocycles. The summed E-state index contributed by atoms with van der Waals surface area (Å²) >= 11 is 0. The van der Waals surface area contributed by atoms with Crippen LogP contribution in [0.1, 0.15) is 28.8 Å². The lowest BCUT2D eigenvalue weighted by Crippen LogP contribution is -2.23. The summed E-state index contributed by atoms with van der Waals surface area (Å²) in [5.74, 6) is -0.131. The molecule has 2 amide bonds. The van der Waals surface area contributed by atoms with Crippen LogP contribution in [0.5, 0.6) is 5.75 Å². The third-order valence-corrected chi connectivity index (χ3v) is 4.28. The van der Waals surface area contributed by atoms with Crippen LogP contribution >= 0.6 is 0 Å². The highest BCUT2D eigenvalue weighted by molar-refractivity contribution is 6.04. The van der Waals surface area contributed by atoms with Crippen molar-refractivity contribution in [3.8, 4) is 5.75 Å². The molecule has 0 aliphatic carbocycles. The Hall–Kier alpha value is -3.03. The van der Waals surface area contributed by atoms with Gasteiger partial charge in [-0.3, -0.25) is 9.59 Å². The number of anilines is 1. The van der Waals surface area contributed by atoms with Gasteiger partial charge in [-0.25, -0.2) is 0 Å². The normalized spacial score (nSPS) is 14.2. The molecule has 28 heavy (non-hydrogen) atoms. The van der Waals surface area contributed by atoms with Crippen LogP contribution in [-0.2, 0) is 11.3 Å². The molecule has 148 valence electrons. The van der Waals surface area contributed by atoms with E-state index in [1.807, 2.05) is 0 Å². The molecule has 2 aromatic carbocycles. The number of alkyl halides is 3. The Kier molecular flexibility index (Phi) is 5.87. The van der Waals surface area contributed by atoms with Gasteiger partial charge < -0.3 is 15.0 Å². The van der Waals surface area contributed by atoms with Gasteiger partial charge >= 0.3 is 6.18 Å². The minimum absolute atomic E-state index is 0.0659. The fourth-order valence-electron chi connectivity index (χ4n) is 2.86. The Morgan fingerprint density at radius 2 is 1.75 bits per heavy atom. The van der Waals surface area contributed by atoms with Gasteiger partial charge in [0.05, 0.1) is 0 Å². The van der Waals surface area contributed by atoms with Crippen LogP contribution in [0.25, 0.3) is 0 Å². The molecular formula is C20H19F3N2O3. The Bertz CT molecular complexity index is 833. The van der Waals surface area contributed by atoms with E-state index in [1.54, 1.807) is 29.2 Å². The Morgan fingerprint density at radius 1 is 1.07 bits per heavy atom. The average molecular weight is 392 g/mol. The molecule has 0 aromatic heterocycles. The maximum Gasteiger partial charge on any atom is 0.422 e. The fourth-order valence-corrected chi connectivity index (χ4v) is 2.86. The summed E-state index contributed by atoms with van der Waals surface area (Å²) in [4.78, 5) is 25.8. The number of hydrogen-bond donors (Lipinski definition) is 1. The highest BCUT2D eigenvalue weighted by Crippen LogP contribution is 2.21. The summed E-state index contributed by atoms with van der Waals surface area (Å²) in [5, 5.41) is 2.68. The summed E-state index contributed by atoms with van der Waals surface area (Å²) in [6, 6.07) is 12.6. The Balaban J connectivity index is 1.54. The first-order valence-electron chi connectivity index (χ1n) is 8.78. The number of carbonyl (C=O) groups is 2. The van der Waals surface area contributed by atoms with Crippen LogP contribution in [-0.4, -0.2) is 36.0 Å². The van der Waals surface area contributed by atoms with Gasteiger partial charge in [0.2, 0.25) is 5.91 Å². The van der Waals surface area contributed by atoms with Gasteiger partial charge in [0.25, 0.3) is 5.91 Å². The smallest absolute Gasteiger partial charge is 0.422 e. The SMILES string of the molecule is O=C(Nc1ccc(OCC(F)(F)F)cc1)c1ccc(CN2CCCC2=O)cc1. The second-order valence-corrected chi connectivity index (χ2v) is 6.50. The fraction of sp³-hybridized carbons (Fsp3) is 0.300. The molecule has 2 aromatic rings. The van der Waals surface area contributed by atoms with Gasteiger partial charge in [-0.1, -0.05) is 12.1 Å². The van der Waals surface area contributed by atoms with Crippen molar-refractivity contribution in [1.29, 1.82) is 0 Å². The molecule has 1 N–H and O–H groups in total. The predicted molar refractivity (Wildman–Crippen MR) is 97.0 cm³/mol. The standard InChI is InChI=1S/C20H19F3N2O3/c21-20(22,23)13-28-17-9-7-16(8-10-17)24-19(27)15-5-3-14(4-6-15)12-25-11-1-2-18(25)26/h3-10H,1-2,11-13H2,(H,24,27). The molecule has 0 atom stereocenters. The lowest BCUT2D eigenvalue weighted by molar-refractivity contribution is -0.153. The van der Waals surface area contributed by atoms with Gasteiger partial charge in [-0.15, -0.1) is 0 Å². The Morgan fingerprint density at radius 3 is 2.32 bits per heavy atom. The van der Waals surface area contributed by atoms with E-state index < -0.39 is 12.8 Å². The summed E-state index contributed by atoms with van der Waals surface area (Å²) in [6.07, 6.45) is -2.94. The van der Waals surface area contributed by atoms with Crippen molar-refractivity contribution < 1.29 is 27.5 Å². The van der Waals surface area contributed by atoms with Crippen LogP contribution in [0.4, 0.5) is 18.9 Å². The number of amides is 2. The third kappa shape index (κ3) is 5.48. The molecule has 0 radical (unpaired) electrons.